The summed E-state index contributed by atoms with van der Waals surface area (Å²) in [4.78, 5) is 27.5. The Hall–Kier alpha value is -3.31. The van der Waals surface area contributed by atoms with Gasteiger partial charge in [-0.3, -0.25) is 9.63 Å². The van der Waals surface area contributed by atoms with Crippen LogP contribution in [0.3, 0.4) is 0 Å². The first-order valence-electron chi connectivity index (χ1n) is 9.64. The molecular formula is C19H17FN6O4. The molecule has 1 N–H and O–H groups in total. The van der Waals surface area contributed by atoms with Crippen molar-refractivity contribution in [1.82, 2.24) is 24.9 Å². The van der Waals surface area contributed by atoms with Crippen LogP contribution in [0.25, 0.3) is 5.65 Å². The monoisotopic (exact) mass is 412 g/mol. The Morgan fingerprint density at radius 1 is 1.27 bits per heavy atom. The molecule has 0 radical (unpaired) electrons. The Morgan fingerprint density at radius 3 is 3.13 bits per heavy atom. The number of ether oxygens (including phenoxy) is 2. The lowest BCUT2D eigenvalue weighted by molar-refractivity contribution is 0.0902. The number of fused-ring (bicyclic) bond motifs is 6. The Morgan fingerprint density at radius 2 is 2.20 bits per heavy atom. The maximum atomic E-state index is 14.1. The zero-order valence-corrected chi connectivity index (χ0v) is 15.7. The van der Waals surface area contributed by atoms with E-state index in [1.54, 1.807) is 17.3 Å². The number of hydrogen-bond donors (Lipinski definition) is 1. The molecule has 30 heavy (non-hydrogen) atoms. The highest BCUT2D eigenvalue weighted by Gasteiger charge is 2.37. The molecule has 10 nitrogen and oxygen atoms in total. The summed E-state index contributed by atoms with van der Waals surface area (Å²) in [7, 11) is 0. The van der Waals surface area contributed by atoms with E-state index in [0.29, 0.717) is 42.2 Å². The standard InChI is InChI=1S/C19H17FN6O4/c20-10-5-11-14-2-4-29-26(14)16-1-3-25-17(24-16)12(7-22-25)18(27)23-13-8-28-9-15(13)30-19(11)21-6-10/h1,3,5-7,13-15H,2,4,8-9H2,(H,23,27)/t13-,14+,15+/m1/s1. The minimum Gasteiger partial charge on any atom is -0.469 e. The molecular weight excluding hydrogens is 395 g/mol. The zero-order chi connectivity index (χ0) is 20.2. The van der Waals surface area contributed by atoms with Gasteiger partial charge < -0.3 is 14.8 Å². The first-order valence-corrected chi connectivity index (χ1v) is 9.64. The summed E-state index contributed by atoms with van der Waals surface area (Å²) < 4.78 is 27.3. The lowest BCUT2D eigenvalue weighted by Crippen LogP contribution is -2.45. The van der Waals surface area contributed by atoms with Gasteiger partial charge in [0, 0.05) is 24.2 Å². The molecule has 3 aromatic heterocycles. The van der Waals surface area contributed by atoms with Crippen LogP contribution in [-0.2, 0) is 9.57 Å². The SMILES string of the molecule is O=C1N[C@@H]2COC[C@@H]2Oc2ncc(F)cc2[C@@H]2CCON2c2ccn3ncc1c3n2. The number of halogens is 1. The van der Waals surface area contributed by atoms with Crippen molar-refractivity contribution in [2.24, 2.45) is 0 Å². The van der Waals surface area contributed by atoms with Crippen molar-refractivity contribution >= 4 is 17.4 Å². The highest BCUT2D eigenvalue weighted by atomic mass is 19.1. The van der Waals surface area contributed by atoms with E-state index in [4.69, 9.17) is 14.3 Å². The van der Waals surface area contributed by atoms with E-state index in [9.17, 15) is 9.18 Å². The summed E-state index contributed by atoms with van der Waals surface area (Å²) in [6.07, 6.45) is 4.42. The van der Waals surface area contributed by atoms with Gasteiger partial charge in [0.05, 0.1) is 44.3 Å². The van der Waals surface area contributed by atoms with E-state index in [1.165, 1.54) is 16.8 Å². The Kier molecular flexibility index (Phi) is 3.86. The minimum atomic E-state index is -0.470. The topological polar surface area (TPSA) is 103 Å². The van der Waals surface area contributed by atoms with Crippen molar-refractivity contribution in [1.29, 1.82) is 0 Å². The van der Waals surface area contributed by atoms with Gasteiger partial charge in [0.15, 0.2) is 11.5 Å². The van der Waals surface area contributed by atoms with Gasteiger partial charge >= 0.3 is 0 Å². The molecule has 11 heteroatoms. The number of hydrogen-bond acceptors (Lipinski definition) is 8. The summed E-state index contributed by atoms with van der Waals surface area (Å²) in [5.41, 5.74) is 1.28. The molecule has 3 aliphatic heterocycles. The molecule has 0 aliphatic carbocycles. The average molecular weight is 412 g/mol. The van der Waals surface area contributed by atoms with Crippen LogP contribution in [0.1, 0.15) is 28.4 Å². The van der Waals surface area contributed by atoms with E-state index < -0.39 is 18.0 Å². The van der Waals surface area contributed by atoms with E-state index >= 15 is 0 Å². The fourth-order valence-electron chi connectivity index (χ4n) is 4.07. The number of anilines is 1. The van der Waals surface area contributed by atoms with Gasteiger partial charge in [-0.25, -0.2) is 23.9 Å². The van der Waals surface area contributed by atoms with Crippen molar-refractivity contribution < 1.29 is 23.5 Å². The molecule has 3 aromatic rings. The number of nitrogens with zero attached hydrogens (tertiary/aromatic N) is 5. The lowest BCUT2D eigenvalue weighted by Gasteiger charge is -2.26. The first-order chi connectivity index (χ1) is 14.7. The van der Waals surface area contributed by atoms with Crippen LogP contribution in [0.15, 0.2) is 30.7 Å². The predicted octanol–water partition coefficient (Wildman–Crippen LogP) is 1.04. The molecule has 154 valence electrons. The first kappa shape index (κ1) is 17.5. The minimum absolute atomic E-state index is 0.281. The fourth-order valence-corrected chi connectivity index (χ4v) is 4.07. The van der Waals surface area contributed by atoms with Gasteiger partial charge in [-0.2, -0.15) is 5.10 Å². The highest BCUT2D eigenvalue weighted by Crippen LogP contribution is 2.38. The number of aromatic nitrogens is 4. The second-order valence-corrected chi connectivity index (χ2v) is 7.40. The summed E-state index contributed by atoms with van der Waals surface area (Å²) in [5, 5.41) is 8.76. The van der Waals surface area contributed by atoms with E-state index in [0.717, 1.165) is 6.20 Å². The summed E-state index contributed by atoms with van der Waals surface area (Å²) in [6, 6.07) is 2.39. The van der Waals surface area contributed by atoms with E-state index in [-0.39, 0.29) is 24.4 Å². The maximum absolute atomic E-state index is 14.1. The number of carbonyl (C=O) groups is 1. The summed E-state index contributed by atoms with van der Waals surface area (Å²) in [6.45, 7) is 1.00. The molecule has 6 rings (SSSR count). The smallest absolute Gasteiger partial charge is 0.257 e. The molecule has 3 atom stereocenters. The molecule has 2 bridgehead atoms. The molecule has 0 aromatic carbocycles. The van der Waals surface area contributed by atoms with Crippen molar-refractivity contribution in [3.8, 4) is 5.88 Å². The number of hydroxylamine groups is 1. The van der Waals surface area contributed by atoms with Gasteiger partial charge in [-0.15, -0.1) is 0 Å². The molecule has 0 spiro atoms. The van der Waals surface area contributed by atoms with Crippen LogP contribution in [0, 0.1) is 5.82 Å². The zero-order valence-electron chi connectivity index (χ0n) is 15.7. The summed E-state index contributed by atoms with van der Waals surface area (Å²) >= 11 is 0. The summed E-state index contributed by atoms with van der Waals surface area (Å²) in [5.74, 6) is -0.0285. The number of amides is 1. The highest BCUT2D eigenvalue weighted by molar-refractivity contribution is 6.00. The second kappa shape index (κ2) is 6.61. The molecule has 2 saturated heterocycles. The maximum Gasteiger partial charge on any atom is 0.257 e. The van der Waals surface area contributed by atoms with E-state index in [1.807, 2.05) is 0 Å². The predicted molar refractivity (Wildman–Crippen MR) is 99.5 cm³/mol. The van der Waals surface area contributed by atoms with Crippen LogP contribution in [0.5, 0.6) is 5.88 Å². The van der Waals surface area contributed by atoms with Crippen molar-refractivity contribution in [2.45, 2.75) is 24.6 Å². The largest absolute Gasteiger partial charge is 0.469 e. The van der Waals surface area contributed by atoms with Gasteiger partial charge in [-0.1, -0.05) is 0 Å². The Bertz CT molecular complexity index is 1150. The van der Waals surface area contributed by atoms with Crippen LogP contribution >= 0.6 is 0 Å². The third-order valence-corrected chi connectivity index (χ3v) is 5.54. The van der Waals surface area contributed by atoms with Gasteiger partial charge in [-0.05, 0) is 6.07 Å². The van der Waals surface area contributed by atoms with Crippen LogP contribution in [0.2, 0.25) is 0 Å². The third-order valence-electron chi connectivity index (χ3n) is 5.54. The molecule has 2 fully saturated rings. The number of nitrogens with one attached hydrogen (secondary N) is 1. The molecule has 6 heterocycles. The van der Waals surface area contributed by atoms with Crippen molar-refractivity contribution in [3.05, 3.63) is 47.7 Å². The molecule has 3 aliphatic rings. The fraction of sp³-hybridized carbons (Fsp3) is 0.368. The van der Waals surface area contributed by atoms with E-state index in [2.05, 4.69) is 20.4 Å². The van der Waals surface area contributed by atoms with Crippen LogP contribution in [0.4, 0.5) is 10.2 Å². The van der Waals surface area contributed by atoms with Gasteiger partial charge in [0.1, 0.15) is 17.5 Å². The van der Waals surface area contributed by atoms with Crippen LogP contribution in [-0.4, -0.2) is 57.5 Å². The average Bonchev–Trinajstić information content (AvgIpc) is 3.48. The van der Waals surface area contributed by atoms with Crippen LogP contribution < -0.4 is 15.1 Å². The Balaban J connectivity index is 1.55. The normalized spacial score (nSPS) is 25.6. The second-order valence-electron chi connectivity index (χ2n) is 7.40. The lowest BCUT2D eigenvalue weighted by atomic mass is 10.1. The Labute approximate surface area is 169 Å². The van der Waals surface area contributed by atoms with Gasteiger partial charge in [0.2, 0.25) is 5.88 Å². The molecule has 1 amide bonds. The molecule has 0 saturated carbocycles. The number of rotatable bonds is 0. The quantitative estimate of drug-likeness (QED) is 0.584. The third kappa shape index (κ3) is 2.70. The number of carbonyl (C=O) groups excluding carboxylic acids is 1. The molecule has 0 unspecified atom stereocenters. The van der Waals surface area contributed by atoms with Crippen molar-refractivity contribution in [3.63, 3.8) is 0 Å². The van der Waals surface area contributed by atoms with Gasteiger partial charge in [0.25, 0.3) is 5.91 Å². The van der Waals surface area contributed by atoms with Crippen molar-refractivity contribution in [2.75, 3.05) is 24.9 Å². The number of pyridine rings is 1.